The smallest absolute Gasteiger partial charge is 0.0314 e. The molecule has 240 valence electrons. The largest absolute Gasteiger partial charge is 0.399 e. The second-order valence-electron chi connectivity index (χ2n) is 13.9. The zero-order valence-corrected chi connectivity index (χ0v) is 30.3. The van der Waals surface area contributed by atoms with Crippen LogP contribution in [0.5, 0.6) is 0 Å². The minimum Gasteiger partial charge on any atom is -0.399 e. The van der Waals surface area contributed by atoms with E-state index in [4.69, 9.17) is 5.73 Å². The zero-order valence-electron chi connectivity index (χ0n) is 28.7. The van der Waals surface area contributed by atoms with Crippen molar-refractivity contribution < 1.29 is 0 Å². The van der Waals surface area contributed by atoms with Crippen molar-refractivity contribution in [1.29, 1.82) is 0 Å². The van der Waals surface area contributed by atoms with Gasteiger partial charge < -0.3 is 5.73 Å². The van der Waals surface area contributed by atoms with Crippen molar-refractivity contribution in [2.75, 3.05) is 5.73 Å². The predicted octanol–water partition coefficient (Wildman–Crippen LogP) is 12.9. The Kier molecular flexibility index (Phi) is 12.4. The van der Waals surface area contributed by atoms with Gasteiger partial charge in [-0.3, -0.25) is 0 Å². The van der Waals surface area contributed by atoms with Gasteiger partial charge in [-0.2, -0.15) is 0 Å². The highest BCUT2D eigenvalue weighted by molar-refractivity contribution is 9.10. The van der Waals surface area contributed by atoms with Gasteiger partial charge in [0.1, 0.15) is 0 Å². The third kappa shape index (κ3) is 11.4. The number of benzene rings is 6. The van der Waals surface area contributed by atoms with Crippen molar-refractivity contribution in [3.8, 4) is 22.3 Å². The van der Waals surface area contributed by atoms with Gasteiger partial charge in [-0.15, -0.1) is 0 Å². The molecule has 0 aliphatic heterocycles. The van der Waals surface area contributed by atoms with E-state index in [1.165, 1.54) is 44.5 Å². The molecule has 0 spiro atoms. The molecule has 1 nitrogen and oxygen atoms in total. The van der Waals surface area contributed by atoms with Crippen LogP contribution in [-0.2, 0) is 17.3 Å². The topological polar surface area (TPSA) is 26.0 Å². The minimum atomic E-state index is 0.218. The number of anilines is 1. The normalized spacial score (nSPS) is 11.0. The van der Waals surface area contributed by atoms with Gasteiger partial charge in [-0.25, -0.2) is 0 Å². The first-order valence-corrected chi connectivity index (χ1v) is 17.1. The molecule has 2 N–H and O–H groups in total. The van der Waals surface area contributed by atoms with E-state index in [1.54, 1.807) is 0 Å². The van der Waals surface area contributed by atoms with Gasteiger partial charge in [0.25, 0.3) is 0 Å². The Morgan fingerprint density at radius 3 is 1.11 bits per heavy atom. The molecule has 0 saturated heterocycles. The fourth-order valence-corrected chi connectivity index (χ4v) is 5.32. The first kappa shape index (κ1) is 35.5. The maximum atomic E-state index is 5.57. The molecule has 0 heterocycles. The molecule has 6 rings (SSSR count). The van der Waals surface area contributed by atoms with Crippen molar-refractivity contribution in [2.24, 2.45) is 0 Å². The van der Waals surface area contributed by atoms with Crippen molar-refractivity contribution in [1.82, 2.24) is 0 Å². The lowest BCUT2D eigenvalue weighted by Crippen LogP contribution is -2.10. The van der Waals surface area contributed by atoms with E-state index < -0.39 is 0 Å². The minimum absolute atomic E-state index is 0.218. The summed E-state index contributed by atoms with van der Waals surface area (Å²) in [4.78, 5) is 0. The average Bonchev–Trinajstić information content (AvgIpc) is 3.07. The van der Waals surface area contributed by atoms with Crippen LogP contribution in [0.15, 0.2) is 162 Å². The van der Waals surface area contributed by atoms with Crippen molar-refractivity contribution in [2.45, 2.75) is 58.8 Å². The van der Waals surface area contributed by atoms with Crippen LogP contribution >= 0.6 is 15.9 Å². The summed E-state index contributed by atoms with van der Waals surface area (Å²) >= 11 is 3.42. The van der Waals surface area contributed by atoms with Crippen molar-refractivity contribution in [3.05, 3.63) is 184 Å². The fraction of sp³-hybridized carbons (Fsp3) is 0.200. The average molecular weight is 683 g/mol. The van der Waals surface area contributed by atoms with Gasteiger partial charge in [0.2, 0.25) is 0 Å². The summed E-state index contributed by atoms with van der Waals surface area (Å²) in [5, 5.41) is 0. The van der Waals surface area contributed by atoms with Crippen LogP contribution in [0.1, 0.15) is 63.8 Å². The highest BCUT2D eigenvalue weighted by Crippen LogP contribution is 2.25. The summed E-state index contributed by atoms with van der Waals surface area (Å²) in [6, 6.07) is 55.2. The lowest BCUT2D eigenvalue weighted by molar-refractivity contribution is 0.590. The number of hydrogen-bond acceptors (Lipinski definition) is 1. The molecule has 0 aliphatic rings. The lowest BCUT2D eigenvalue weighted by atomic mass is 9.86. The summed E-state index contributed by atoms with van der Waals surface area (Å²) in [7, 11) is 0. The van der Waals surface area contributed by atoms with E-state index in [9.17, 15) is 0 Å². The summed E-state index contributed by atoms with van der Waals surface area (Å²) in [6.45, 7) is 13.3. The Labute approximate surface area is 291 Å². The van der Waals surface area contributed by atoms with E-state index in [0.29, 0.717) is 0 Å². The Morgan fingerprint density at radius 2 is 0.723 bits per heavy atom. The Bertz CT molecular complexity index is 1760. The van der Waals surface area contributed by atoms with Crippen LogP contribution < -0.4 is 5.73 Å². The van der Waals surface area contributed by atoms with E-state index in [0.717, 1.165) is 16.6 Å². The predicted molar refractivity (Wildman–Crippen MR) is 209 cm³/mol. The number of halogens is 1. The van der Waals surface area contributed by atoms with E-state index in [2.05, 4.69) is 197 Å². The molecular weight excluding hydrogens is 634 g/mol. The van der Waals surface area contributed by atoms with Gasteiger partial charge in [0.15, 0.2) is 0 Å². The molecule has 0 aliphatic carbocycles. The van der Waals surface area contributed by atoms with Crippen LogP contribution in [0, 0.1) is 0 Å². The van der Waals surface area contributed by atoms with Crippen LogP contribution in [-0.4, -0.2) is 0 Å². The fourth-order valence-electron chi connectivity index (χ4n) is 5.06. The third-order valence-corrected chi connectivity index (χ3v) is 8.55. The maximum absolute atomic E-state index is 5.57. The second-order valence-corrected chi connectivity index (χ2v) is 14.8. The number of hydrogen-bond donors (Lipinski definition) is 1. The lowest BCUT2D eigenvalue weighted by Gasteiger charge is -2.19. The molecule has 6 aromatic carbocycles. The van der Waals surface area contributed by atoms with Gasteiger partial charge in [0, 0.05) is 10.2 Å². The molecule has 6 aromatic rings. The summed E-state index contributed by atoms with van der Waals surface area (Å²) in [5.41, 5.74) is 17.3. The molecule has 0 radical (unpaired) electrons. The SMILES string of the molecule is Brc1ccc(-c2ccccc2)cc1.CC(C)(C)c1ccc(Cc2ccc(-c3ccccc3)cc2)cc1.CC(C)(C)c1ccc(N)cc1. The molecule has 0 atom stereocenters. The van der Waals surface area contributed by atoms with Gasteiger partial charge >= 0.3 is 0 Å². The van der Waals surface area contributed by atoms with Gasteiger partial charge in [0.05, 0.1) is 0 Å². The highest BCUT2D eigenvalue weighted by atomic mass is 79.9. The third-order valence-electron chi connectivity index (χ3n) is 8.02. The number of rotatable bonds is 4. The summed E-state index contributed by atoms with van der Waals surface area (Å²) < 4.78 is 1.12. The first-order chi connectivity index (χ1) is 22.4. The van der Waals surface area contributed by atoms with Crippen LogP contribution in [0.2, 0.25) is 0 Å². The molecule has 0 bridgehead atoms. The molecule has 0 fully saturated rings. The monoisotopic (exact) mass is 681 g/mol. The van der Waals surface area contributed by atoms with Gasteiger partial charge in [-0.1, -0.05) is 191 Å². The maximum Gasteiger partial charge on any atom is 0.0314 e. The Morgan fingerprint density at radius 1 is 0.404 bits per heavy atom. The summed E-state index contributed by atoms with van der Waals surface area (Å²) in [5.74, 6) is 0. The molecule has 0 unspecified atom stereocenters. The quantitative estimate of drug-likeness (QED) is 0.184. The highest BCUT2D eigenvalue weighted by Gasteiger charge is 2.13. The number of nitrogens with two attached hydrogens (primary N) is 1. The molecule has 0 aromatic heterocycles. The molecule has 2 heteroatoms. The molecule has 47 heavy (non-hydrogen) atoms. The van der Waals surface area contributed by atoms with E-state index in [-0.39, 0.29) is 10.8 Å². The number of nitrogen functional groups attached to an aromatic ring is 1. The van der Waals surface area contributed by atoms with Crippen LogP contribution in [0.3, 0.4) is 0 Å². The molecular formula is C45H48BrN. The molecule has 0 saturated carbocycles. The van der Waals surface area contributed by atoms with E-state index in [1.807, 2.05) is 18.2 Å². The first-order valence-electron chi connectivity index (χ1n) is 16.3. The molecule has 0 amide bonds. The van der Waals surface area contributed by atoms with Crippen molar-refractivity contribution in [3.63, 3.8) is 0 Å². The van der Waals surface area contributed by atoms with Gasteiger partial charge in [-0.05, 0) is 86.0 Å². The standard InChI is InChI=1S/C23H24.C12H9Br.C10H15N/c1-23(2,3)22-15-11-19(12-16-22)17-18-9-13-21(14-10-18)20-7-5-4-6-8-20;13-12-8-6-11(7-9-12)10-4-2-1-3-5-10;1-10(2,3)8-4-6-9(11)7-5-8/h4-16H,17H2,1-3H3;1-9H;4-7H,11H2,1-3H3. The second kappa shape index (κ2) is 16.4. The van der Waals surface area contributed by atoms with Crippen LogP contribution in [0.25, 0.3) is 22.3 Å². The zero-order chi connectivity index (χ0) is 33.9. The Hall–Kier alpha value is -4.40. The Balaban J connectivity index is 0.000000176. The van der Waals surface area contributed by atoms with Crippen LogP contribution in [0.4, 0.5) is 5.69 Å². The summed E-state index contributed by atoms with van der Waals surface area (Å²) in [6.07, 6.45) is 0.986. The van der Waals surface area contributed by atoms with Crippen molar-refractivity contribution >= 4 is 21.6 Å². The van der Waals surface area contributed by atoms with E-state index >= 15 is 0 Å².